The van der Waals surface area contributed by atoms with Crippen molar-refractivity contribution in [3.05, 3.63) is 64.0 Å². The largest absolute Gasteiger partial charge is 0.494 e. The number of unbranched alkanes of at least 4 members (excludes halogenated alkanes) is 2. The molecule has 1 aliphatic heterocycles. The predicted molar refractivity (Wildman–Crippen MR) is 136 cm³/mol. The first-order valence-corrected chi connectivity index (χ1v) is 12.1. The molecule has 2 aromatic rings. The molecule has 0 aliphatic carbocycles. The lowest BCUT2D eigenvalue weighted by Crippen LogP contribution is -2.29. The number of anilines is 1. The lowest BCUT2D eigenvalue weighted by atomic mass is 10.1. The van der Waals surface area contributed by atoms with E-state index in [1.54, 1.807) is 17.0 Å². The monoisotopic (exact) mass is 488 g/mol. The van der Waals surface area contributed by atoms with Crippen molar-refractivity contribution in [3.8, 4) is 5.75 Å². The van der Waals surface area contributed by atoms with Crippen LogP contribution in [-0.4, -0.2) is 34.2 Å². The molecule has 1 N–H and O–H groups in total. The van der Waals surface area contributed by atoms with E-state index < -0.39 is 0 Å². The van der Waals surface area contributed by atoms with Crippen LogP contribution in [0.2, 0.25) is 5.02 Å². The first-order valence-electron chi connectivity index (χ1n) is 10.5. The molecule has 1 saturated heterocycles. The molecule has 3 rings (SSSR count). The summed E-state index contributed by atoms with van der Waals surface area (Å²) in [4.78, 5) is 27.1. The Morgan fingerprint density at radius 1 is 1.12 bits per heavy atom. The number of nitrogens with one attached hydrogen (secondary N) is 1. The molecule has 2 aromatic carbocycles. The van der Waals surface area contributed by atoms with E-state index in [1.807, 2.05) is 49.4 Å². The highest BCUT2D eigenvalue weighted by Gasteiger charge is 2.31. The highest BCUT2D eigenvalue weighted by Crippen LogP contribution is 2.33. The number of amides is 2. The fourth-order valence-electron chi connectivity index (χ4n) is 3.16. The summed E-state index contributed by atoms with van der Waals surface area (Å²) in [6.45, 7) is 3.10. The van der Waals surface area contributed by atoms with Gasteiger partial charge in [0.25, 0.3) is 5.91 Å². The van der Waals surface area contributed by atoms with E-state index in [4.69, 9.17) is 28.6 Å². The number of thioether (sulfide) groups is 1. The third-order valence-corrected chi connectivity index (χ3v) is 6.41. The molecule has 32 heavy (non-hydrogen) atoms. The number of benzene rings is 2. The van der Waals surface area contributed by atoms with Crippen LogP contribution in [0.1, 0.15) is 38.2 Å². The van der Waals surface area contributed by atoms with E-state index in [0.717, 1.165) is 36.3 Å². The van der Waals surface area contributed by atoms with Gasteiger partial charge < -0.3 is 10.1 Å². The van der Waals surface area contributed by atoms with Crippen LogP contribution < -0.4 is 10.1 Å². The lowest BCUT2D eigenvalue weighted by Gasteiger charge is -2.14. The zero-order valence-corrected chi connectivity index (χ0v) is 20.2. The molecule has 0 spiro atoms. The number of hydrogen-bond acceptors (Lipinski definition) is 5. The van der Waals surface area contributed by atoms with Gasteiger partial charge in [-0.25, -0.2) is 0 Å². The molecule has 1 aliphatic rings. The van der Waals surface area contributed by atoms with Gasteiger partial charge in [-0.05, 0) is 67.8 Å². The molecule has 0 unspecified atom stereocenters. The van der Waals surface area contributed by atoms with Crippen LogP contribution in [0.4, 0.5) is 5.69 Å². The Balaban J connectivity index is 1.38. The van der Waals surface area contributed by atoms with Crippen molar-refractivity contribution in [3.63, 3.8) is 0 Å². The van der Waals surface area contributed by atoms with Crippen LogP contribution in [0, 0.1) is 0 Å². The first kappa shape index (κ1) is 24.3. The average Bonchev–Trinajstić information content (AvgIpc) is 3.04. The van der Waals surface area contributed by atoms with Crippen molar-refractivity contribution in [2.24, 2.45) is 0 Å². The van der Waals surface area contributed by atoms with Gasteiger partial charge in [-0.2, -0.15) is 0 Å². The molecule has 0 saturated carbocycles. The summed E-state index contributed by atoms with van der Waals surface area (Å²) in [6, 6.07) is 14.7. The topological polar surface area (TPSA) is 58.6 Å². The molecular formula is C24H25ClN2O3S2. The predicted octanol–water partition coefficient (Wildman–Crippen LogP) is 6.14. The van der Waals surface area contributed by atoms with Gasteiger partial charge >= 0.3 is 0 Å². The standard InChI is InChI=1S/C24H25ClN2O3S2/c1-2-30-20-13-11-19(12-14-20)26-22(28)6-4-3-5-15-27-23(29)21(32-24(27)31)16-17-7-9-18(25)10-8-17/h7-14,16H,2-6,15H2,1H3,(H,26,28). The van der Waals surface area contributed by atoms with Crippen molar-refractivity contribution < 1.29 is 14.3 Å². The fourth-order valence-corrected chi connectivity index (χ4v) is 4.59. The van der Waals surface area contributed by atoms with E-state index in [2.05, 4.69) is 5.32 Å². The van der Waals surface area contributed by atoms with Crippen molar-refractivity contribution in [1.29, 1.82) is 0 Å². The van der Waals surface area contributed by atoms with E-state index >= 15 is 0 Å². The maximum absolute atomic E-state index is 12.7. The number of nitrogens with zero attached hydrogens (tertiary/aromatic N) is 1. The van der Waals surface area contributed by atoms with Gasteiger partial charge in [0, 0.05) is 23.7 Å². The van der Waals surface area contributed by atoms with Gasteiger partial charge in [0.1, 0.15) is 10.1 Å². The van der Waals surface area contributed by atoms with E-state index in [-0.39, 0.29) is 11.8 Å². The van der Waals surface area contributed by atoms with Crippen LogP contribution >= 0.6 is 35.6 Å². The maximum atomic E-state index is 12.7. The zero-order chi connectivity index (χ0) is 22.9. The number of halogens is 1. The Morgan fingerprint density at radius 2 is 1.84 bits per heavy atom. The second-order valence-electron chi connectivity index (χ2n) is 7.20. The smallest absolute Gasteiger partial charge is 0.266 e. The molecule has 0 atom stereocenters. The number of hydrogen-bond donors (Lipinski definition) is 1. The maximum Gasteiger partial charge on any atom is 0.266 e. The average molecular weight is 489 g/mol. The van der Waals surface area contributed by atoms with Crippen LogP contribution in [0.3, 0.4) is 0 Å². The van der Waals surface area contributed by atoms with Crippen molar-refractivity contribution in [2.45, 2.75) is 32.6 Å². The molecule has 0 bridgehead atoms. The molecule has 0 aromatic heterocycles. The Morgan fingerprint density at radius 3 is 2.53 bits per heavy atom. The molecule has 8 heteroatoms. The van der Waals surface area contributed by atoms with E-state index in [9.17, 15) is 9.59 Å². The highest BCUT2D eigenvalue weighted by atomic mass is 35.5. The summed E-state index contributed by atoms with van der Waals surface area (Å²) in [5, 5.41) is 3.55. The minimum absolute atomic E-state index is 0.0225. The number of thiocarbonyl (C=S) groups is 1. The van der Waals surface area contributed by atoms with Gasteiger partial charge in [0.05, 0.1) is 11.5 Å². The third-order valence-electron chi connectivity index (χ3n) is 4.78. The lowest BCUT2D eigenvalue weighted by molar-refractivity contribution is -0.122. The normalized spacial score (nSPS) is 14.8. The summed E-state index contributed by atoms with van der Waals surface area (Å²) >= 11 is 12.6. The quantitative estimate of drug-likeness (QED) is 0.247. The minimum atomic E-state index is -0.0665. The van der Waals surface area contributed by atoms with E-state index in [0.29, 0.717) is 33.8 Å². The van der Waals surface area contributed by atoms with Gasteiger partial charge in [-0.15, -0.1) is 0 Å². The van der Waals surface area contributed by atoms with Crippen LogP contribution in [0.15, 0.2) is 53.4 Å². The summed E-state index contributed by atoms with van der Waals surface area (Å²) in [6.07, 6.45) is 4.64. The first-order chi connectivity index (χ1) is 15.5. The summed E-state index contributed by atoms with van der Waals surface area (Å²) in [5.74, 6) is 0.693. The molecular weight excluding hydrogens is 464 g/mol. The third kappa shape index (κ3) is 7.08. The van der Waals surface area contributed by atoms with Gasteiger partial charge in [0.2, 0.25) is 5.91 Å². The van der Waals surface area contributed by atoms with Gasteiger partial charge in [-0.1, -0.05) is 54.1 Å². The number of carbonyl (C=O) groups is 2. The number of rotatable bonds is 10. The Hall–Kier alpha value is -2.35. The Kier molecular flexibility index (Phi) is 9.14. The zero-order valence-electron chi connectivity index (χ0n) is 17.8. The second kappa shape index (κ2) is 12.0. The summed E-state index contributed by atoms with van der Waals surface area (Å²) in [7, 11) is 0. The summed E-state index contributed by atoms with van der Waals surface area (Å²) in [5.41, 5.74) is 1.66. The number of ether oxygens (including phenoxy) is 1. The van der Waals surface area contributed by atoms with Crippen LogP contribution in [0.5, 0.6) is 5.75 Å². The highest BCUT2D eigenvalue weighted by molar-refractivity contribution is 8.26. The van der Waals surface area contributed by atoms with Crippen molar-refractivity contribution >= 4 is 63.5 Å². The number of carbonyl (C=O) groups excluding carboxylic acids is 2. The fraction of sp³-hybridized carbons (Fsp3) is 0.292. The molecule has 1 fully saturated rings. The van der Waals surface area contributed by atoms with Crippen LogP contribution in [0.25, 0.3) is 6.08 Å². The van der Waals surface area contributed by atoms with Gasteiger partial charge in [-0.3, -0.25) is 14.5 Å². The molecule has 5 nitrogen and oxygen atoms in total. The van der Waals surface area contributed by atoms with Gasteiger partial charge in [0.15, 0.2) is 0 Å². The molecule has 0 radical (unpaired) electrons. The van der Waals surface area contributed by atoms with Crippen LogP contribution in [-0.2, 0) is 9.59 Å². The molecule has 1 heterocycles. The minimum Gasteiger partial charge on any atom is -0.494 e. The second-order valence-corrected chi connectivity index (χ2v) is 9.31. The SMILES string of the molecule is CCOc1ccc(NC(=O)CCCCCN2C(=O)C(=Cc3ccc(Cl)cc3)SC2=S)cc1. The van der Waals surface area contributed by atoms with E-state index in [1.165, 1.54) is 11.8 Å². The molecule has 2 amide bonds. The molecule has 168 valence electrons. The van der Waals surface area contributed by atoms with Crippen molar-refractivity contribution in [2.75, 3.05) is 18.5 Å². The Labute approximate surface area is 203 Å². The summed E-state index contributed by atoms with van der Waals surface area (Å²) < 4.78 is 5.97. The Bertz CT molecular complexity index is 991. The van der Waals surface area contributed by atoms with Crippen molar-refractivity contribution in [1.82, 2.24) is 4.90 Å².